The molecule has 0 amide bonds. The Labute approximate surface area is 309 Å². The van der Waals surface area contributed by atoms with Crippen LogP contribution in [-0.2, 0) is 16.2 Å². The van der Waals surface area contributed by atoms with Gasteiger partial charge in [-0.3, -0.25) is 0 Å². The topological polar surface area (TPSA) is 6.48 Å². The van der Waals surface area contributed by atoms with Gasteiger partial charge < -0.3 is 9.80 Å². The molecule has 0 N–H and O–H groups in total. The van der Waals surface area contributed by atoms with Crippen LogP contribution in [0.2, 0.25) is 0 Å². The Kier molecular flexibility index (Phi) is 6.95. The number of benzene rings is 5. The van der Waals surface area contributed by atoms with Crippen LogP contribution in [0.4, 0.5) is 34.1 Å². The Morgan fingerprint density at radius 3 is 1.92 bits per heavy atom. The van der Waals surface area contributed by atoms with E-state index in [1.807, 2.05) is 11.3 Å². The lowest BCUT2D eigenvalue weighted by molar-refractivity contribution is 0.332. The fourth-order valence-electron chi connectivity index (χ4n) is 9.39. The zero-order valence-corrected chi connectivity index (χ0v) is 32.8. The predicted octanol–water partition coefficient (Wildman–Crippen LogP) is 11.6. The van der Waals surface area contributed by atoms with Gasteiger partial charge in [0.2, 0.25) is 0 Å². The summed E-state index contributed by atoms with van der Waals surface area (Å²) in [6, 6.07) is 35.3. The van der Waals surface area contributed by atoms with Gasteiger partial charge in [0.15, 0.2) is 0 Å². The molecule has 0 unspecified atom stereocenters. The Bertz CT molecular complexity index is 2390. The van der Waals surface area contributed by atoms with Crippen LogP contribution in [0, 0.1) is 20.8 Å². The van der Waals surface area contributed by atoms with Crippen LogP contribution >= 0.6 is 11.3 Å². The van der Waals surface area contributed by atoms with E-state index in [0.29, 0.717) is 0 Å². The minimum absolute atomic E-state index is 0.0533. The molecule has 3 heterocycles. The maximum absolute atomic E-state index is 2.66. The third-order valence-electron chi connectivity index (χ3n) is 12.3. The number of fused-ring (bicyclic) bond motifs is 7. The van der Waals surface area contributed by atoms with Gasteiger partial charge >= 0.3 is 0 Å². The highest BCUT2D eigenvalue weighted by atomic mass is 32.1. The molecule has 5 aromatic carbocycles. The first-order valence-corrected chi connectivity index (χ1v) is 19.6. The van der Waals surface area contributed by atoms with Gasteiger partial charge in [-0.05, 0) is 137 Å². The highest BCUT2D eigenvalue weighted by Gasteiger charge is 2.48. The molecule has 51 heavy (non-hydrogen) atoms. The van der Waals surface area contributed by atoms with E-state index in [2.05, 4.69) is 170 Å². The summed E-state index contributed by atoms with van der Waals surface area (Å²) in [6.07, 6.45) is 2.39. The summed E-state index contributed by atoms with van der Waals surface area (Å²) in [4.78, 5) is 5.25. The van der Waals surface area contributed by atoms with Crippen LogP contribution in [0.25, 0.3) is 10.1 Å². The molecule has 256 valence electrons. The summed E-state index contributed by atoms with van der Waals surface area (Å²) in [5, 5.41) is 1.36. The van der Waals surface area contributed by atoms with E-state index < -0.39 is 0 Å². The molecule has 0 fully saturated rings. The maximum atomic E-state index is 2.66. The molecule has 0 bridgehead atoms. The lowest BCUT2D eigenvalue weighted by Crippen LogP contribution is -2.61. The summed E-state index contributed by atoms with van der Waals surface area (Å²) < 4.78 is 2.81. The number of rotatable bonds is 2. The second-order valence-corrected chi connectivity index (χ2v) is 19.0. The van der Waals surface area contributed by atoms with E-state index in [4.69, 9.17) is 0 Å². The minimum atomic E-state index is 0.0533. The second-order valence-electron chi connectivity index (χ2n) is 17.9. The summed E-state index contributed by atoms with van der Waals surface area (Å²) in [6.45, 7) is 23.8. The summed E-state index contributed by atoms with van der Waals surface area (Å²) in [5.41, 5.74) is 19.3. The Morgan fingerprint density at radius 2 is 1.27 bits per heavy atom. The third kappa shape index (κ3) is 4.75. The van der Waals surface area contributed by atoms with Gasteiger partial charge in [-0.15, -0.1) is 11.3 Å². The highest BCUT2D eigenvalue weighted by molar-refractivity contribution is 7.33. The normalized spacial score (nSPS) is 16.9. The second kappa shape index (κ2) is 10.9. The van der Waals surface area contributed by atoms with Crippen LogP contribution in [0.3, 0.4) is 0 Å². The molecule has 2 nitrogen and oxygen atoms in total. The molecule has 0 saturated carbocycles. The van der Waals surface area contributed by atoms with E-state index in [9.17, 15) is 0 Å². The van der Waals surface area contributed by atoms with Crippen molar-refractivity contribution >= 4 is 78.0 Å². The fraction of sp³-hybridized carbons (Fsp3) is 0.319. The SMILES string of the molecule is Cc1cc2c3c(c1)N(c1ccccc1)c1c(sc4ccc(C(C)(C)C)cc14)B3c1cc3c(cc1N2c1c(C)cccc1C)C(C)(C)CCC3(C)C. The third-order valence-corrected chi connectivity index (χ3v) is 13.5. The molecule has 0 saturated heterocycles. The predicted molar refractivity (Wildman–Crippen MR) is 224 cm³/mol. The van der Waals surface area contributed by atoms with Crippen molar-refractivity contribution in [2.24, 2.45) is 0 Å². The number of nitrogens with zero attached hydrogens (tertiary/aromatic N) is 2. The van der Waals surface area contributed by atoms with Crippen molar-refractivity contribution in [3.63, 3.8) is 0 Å². The molecular formula is C47H49BN2S. The van der Waals surface area contributed by atoms with Crippen LogP contribution in [-0.4, -0.2) is 6.71 Å². The van der Waals surface area contributed by atoms with Crippen LogP contribution in [0.1, 0.15) is 94.7 Å². The first-order chi connectivity index (χ1) is 24.2. The van der Waals surface area contributed by atoms with E-state index in [-0.39, 0.29) is 23.0 Å². The molecule has 9 rings (SSSR count). The van der Waals surface area contributed by atoms with Gasteiger partial charge in [0.25, 0.3) is 6.71 Å². The first-order valence-electron chi connectivity index (χ1n) is 18.8. The van der Waals surface area contributed by atoms with Crippen molar-refractivity contribution in [1.29, 1.82) is 0 Å². The van der Waals surface area contributed by atoms with Crippen molar-refractivity contribution in [3.8, 4) is 0 Å². The van der Waals surface area contributed by atoms with E-state index in [0.717, 1.165) is 0 Å². The summed E-state index contributed by atoms with van der Waals surface area (Å²) >= 11 is 2.00. The van der Waals surface area contributed by atoms with Crippen molar-refractivity contribution in [2.75, 3.05) is 9.80 Å². The van der Waals surface area contributed by atoms with E-state index in [1.54, 1.807) is 0 Å². The van der Waals surface area contributed by atoms with Gasteiger partial charge in [-0.2, -0.15) is 0 Å². The summed E-state index contributed by atoms with van der Waals surface area (Å²) in [5.74, 6) is 0. The van der Waals surface area contributed by atoms with Crippen LogP contribution < -0.4 is 25.5 Å². The van der Waals surface area contributed by atoms with Gasteiger partial charge in [0.05, 0.1) is 11.4 Å². The highest BCUT2D eigenvalue weighted by Crippen LogP contribution is 2.52. The molecule has 1 aromatic heterocycles. The molecule has 1 aliphatic carbocycles. The fourth-order valence-corrected chi connectivity index (χ4v) is 10.7. The number of thiophene rings is 1. The molecule has 0 radical (unpaired) electrons. The minimum Gasteiger partial charge on any atom is -0.311 e. The molecule has 6 aromatic rings. The molecule has 3 aliphatic rings. The lowest BCUT2D eigenvalue weighted by Gasteiger charge is -2.47. The summed E-state index contributed by atoms with van der Waals surface area (Å²) in [7, 11) is 0. The number of para-hydroxylation sites is 2. The van der Waals surface area contributed by atoms with Gasteiger partial charge in [0.1, 0.15) is 0 Å². The van der Waals surface area contributed by atoms with Crippen molar-refractivity contribution in [1.82, 2.24) is 0 Å². The number of aryl methyl sites for hydroxylation is 3. The Hall–Kier alpha value is -4.28. The van der Waals surface area contributed by atoms with E-state index in [1.165, 1.54) is 106 Å². The Balaban J connectivity index is 1.46. The molecule has 0 spiro atoms. The number of anilines is 6. The zero-order chi connectivity index (χ0) is 35.8. The largest absolute Gasteiger partial charge is 0.311 e. The van der Waals surface area contributed by atoms with E-state index >= 15 is 0 Å². The lowest BCUT2D eigenvalue weighted by atomic mass is 9.35. The number of hydrogen-bond acceptors (Lipinski definition) is 3. The van der Waals surface area contributed by atoms with Gasteiger partial charge in [-0.1, -0.05) is 97.0 Å². The van der Waals surface area contributed by atoms with Gasteiger partial charge in [-0.25, -0.2) is 0 Å². The smallest absolute Gasteiger partial charge is 0.264 e. The van der Waals surface area contributed by atoms with Crippen molar-refractivity contribution in [2.45, 2.75) is 98.3 Å². The molecule has 2 aliphatic heterocycles. The monoisotopic (exact) mass is 684 g/mol. The molecule has 4 heteroatoms. The first kappa shape index (κ1) is 32.6. The average molecular weight is 685 g/mol. The Morgan fingerprint density at radius 1 is 0.647 bits per heavy atom. The quantitative estimate of drug-likeness (QED) is 0.167. The van der Waals surface area contributed by atoms with Crippen LogP contribution in [0.5, 0.6) is 0 Å². The van der Waals surface area contributed by atoms with Crippen LogP contribution in [0.15, 0.2) is 91.0 Å². The zero-order valence-electron chi connectivity index (χ0n) is 32.0. The maximum Gasteiger partial charge on any atom is 0.264 e. The van der Waals surface area contributed by atoms with Crippen molar-refractivity contribution < 1.29 is 0 Å². The standard InChI is InChI=1S/C47H49BN2S/c1-28-23-38-41-39(24-28)50(42-29(2)15-14-16-30(42)3)37-27-35-34(46(7,8)21-22-47(35,9)10)26-36(37)48(41)44-43(49(38)32-17-12-11-13-18-32)33-25-31(45(4,5)6)19-20-40(33)51-44/h11-20,23-27H,21-22H2,1-10H3. The average Bonchev–Trinajstić information content (AvgIpc) is 3.45. The molecular weight excluding hydrogens is 635 g/mol. The number of hydrogen-bond donors (Lipinski definition) is 0. The van der Waals surface area contributed by atoms with Gasteiger partial charge in [0, 0.05) is 37.6 Å². The van der Waals surface area contributed by atoms with Crippen molar-refractivity contribution in [3.05, 3.63) is 124 Å². The molecule has 0 atom stereocenters.